The van der Waals surface area contributed by atoms with Crippen LogP contribution in [0.15, 0.2) is 24.3 Å². The fourth-order valence-corrected chi connectivity index (χ4v) is 2.70. The average Bonchev–Trinajstić information content (AvgIpc) is 2.47. The minimum atomic E-state index is 0. The topological polar surface area (TPSA) is 32.3 Å². The Morgan fingerprint density at radius 1 is 1.35 bits per heavy atom. The highest BCUT2D eigenvalue weighted by Crippen LogP contribution is 2.20. The molecule has 0 radical (unpaired) electrons. The number of carbonyl (C=O) groups is 1. The van der Waals surface area contributed by atoms with E-state index in [1.54, 1.807) is 0 Å². The highest BCUT2D eigenvalue weighted by molar-refractivity contribution is 6.31. The Kier molecular flexibility index (Phi) is 7.35. The number of piperidine rings is 1. The Bertz CT molecular complexity index is 434. The third-order valence-corrected chi connectivity index (χ3v) is 4.07. The molecule has 1 aliphatic rings. The van der Waals surface area contributed by atoms with E-state index in [-0.39, 0.29) is 24.2 Å². The molecule has 1 saturated heterocycles. The van der Waals surface area contributed by atoms with Gasteiger partial charge in [0.2, 0.25) is 5.91 Å². The Balaban J connectivity index is 0.00000200. The van der Waals surface area contributed by atoms with Crippen LogP contribution in [-0.2, 0) is 11.3 Å². The van der Waals surface area contributed by atoms with Crippen LogP contribution in [0.1, 0.15) is 25.3 Å². The monoisotopic (exact) mass is 316 g/mol. The van der Waals surface area contributed by atoms with E-state index in [0.717, 1.165) is 43.1 Å². The van der Waals surface area contributed by atoms with Gasteiger partial charge in [-0.1, -0.05) is 29.8 Å². The van der Waals surface area contributed by atoms with Crippen LogP contribution in [-0.4, -0.2) is 30.4 Å². The van der Waals surface area contributed by atoms with Crippen LogP contribution in [0, 0.1) is 5.92 Å². The summed E-state index contributed by atoms with van der Waals surface area (Å²) in [5.41, 5.74) is 1.02. The van der Waals surface area contributed by atoms with Crippen molar-refractivity contribution >= 4 is 29.9 Å². The van der Waals surface area contributed by atoms with Gasteiger partial charge in [-0.25, -0.2) is 0 Å². The molecule has 0 aromatic heterocycles. The van der Waals surface area contributed by atoms with Gasteiger partial charge in [0.15, 0.2) is 0 Å². The van der Waals surface area contributed by atoms with Gasteiger partial charge in [-0.15, -0.1) is 12.4 Å². The van der Waals surface area contributed by atoms with Crippen LogP contribution in [0.2, 0.25) is 5.02 Å². The number of carbonyl (C=O) groups excluding carboxylic acids is 1. The maximum absolute atomic E-state index is 12.5. The van der Waals surface area contributed by atoms with Crippen LogP contribution in [0.4, 0.5) is 0 Å². The molecule has 1 N–H and O–H groups in total. The molecule has 1 amide bonds. The van der Waals surface area contributed by atoms with Gasteiger partial charge in [0.25, 0.3) is 0 Å². The number of nitrogens with one attached hydrogen (secondary N) is 1. The standard InChI is InChI=1S/C15H21ClN2O.ClH/c1-2-18(11-13-5-3-4-6-14(13)16)15(19)12-7-9-17-10-8-12;/h3-6,12,17H,2,7-11H2,1H3;1H. The van der Waals surface area contributed by atoms with Gasteiger partial charge in [-0.2, -0.15) is 0 Å². The first kappa shape index (κ1) is 17.3. The second-order valence-corrected chi connectivity index (χ2v) is 5.38. The lowest BCUT2D eigenvalue weighted by Crippen LogP contribution is -2.40. The van der Waals surface area contributed by atoms with Gasteiger partial charge in [0.1, 0.15) is 0 Å². The number of amides is 1. The summed E-state index contributed by atoms with van der Waals surface area (Å²) in [6, 6.07) is 7.74. The maximum atomic E-state index is 12.5. The normalized spacial score (nSPS) is 15.5. The summed E-state index contributed by atoms with van der Waals surface area (Å²) in [5, 5.41) is 4.03. The average molecular weight is 317 g/mol. The van der Waals surface area contributed by atoms with Gasteiger partial charge in [0.05, 0.1) is 0 Å². The Labute approximate surface area is 132 Å². The van der Waals surface area contributed by atoms with E-state index >= 15 is 0 Å². The molecule has 2 rings (SSSR count). The molecule has 0 spiro atoms. The first-order chi connectivity index (χ1) is 9.22. The summed E-state index contributed by atoms with van der Waals surface area (Å²) in [4.78, 5) is 14.4. The van der Waals surface area contributed by atoms with Crippen molar-refractivity contribution in [1.29, 1.82) is 0 Å². The lowest BCUT2D eigenvalue weighted by molar-refractivity contribution is -0.136. The first-order valence-electron chi connectivity index (χ1n) is 6.95. The van der Waals surface area contributed by atoms with Crippen molar-refractivity contribution in [2.45, 2.75) is 26.3 Å². The Morgan fingerprint density at radius 3 is 2.60 bits per heavy atom. The molecular formula is C15H22Cl2N2O. The van der Waals surface area contributed by atoms with Crippen molar-refractivity contribution in [3.05, 3.63) is 34.9 Å². The summed E-state index contributed by atoms with van der Waals surface area (Å²) >= 11 is 6.17. The maximum Gasteiger partial charge on any atom is 0.226 e. The summed E-state index contributed by atoms with van der Waals surface area (Å²) in [6.45, 7) is 5.25. The first-order valence-corrected chi connectivity index (χ1v) is 7.33. The predicted octanol–water partition coefficient (Wildman–Crippen LogP) is 3.11. The van der Waals surface area contributed by atoms with E-state index in [1.165, 1.54) is 0 Å². The molecule has 3 nitrogen and oxygen atoms in total. The van der Waals surface area contributed by atoms with E-state index in [1.807, 2.05) is 36.1 Å². The van der Waals surface area contributed by atoms with Crippen molar-refractivity contribution in [2.75, 3.05) is 19.6 Å². The molecule has 1 aliphatic heterocycles. The van der Waals surface area contributed by atoms with E-state index in [2.05, 4.69) is 5.32 Å². The molecule has 1 aromatic carbocycles. The van der Waals surface area contributed by atoms with E-state index in [4.69, 9.17) is 11.6 Å². The molecule has 0 unspecified atom stereocenters. The second-order valence-electron chi connectivity index (χ2n) is 4.97. The van der Waals surface area contributed by atoms with Crippen molar-refractivity contribution in [2.24, 2.45) is 5.92 Å². The third-order valence-electron chi connectivity index (χ3n) is 3.70. The quantitative estimate of drug-likeness (QED) is 0.925. The lowest BCUT2D eigenvalue weighted by atomic mass is 9.96. The number of hydrogen-bond donors (Lipinski definition) is 1. The van der Waals surface area contributed by atoms with Gasteiger partial charge in [0, 0.05) is 24.0 Å². The van der Waals surface area contributed by atoms with Crippen molar-refractivity contribution in [3.63, 3.8) is 0 Å². The van der Waals surface area contributed by atoms with Gasteiger partial charge < -0.3 is 10.2 Å². The van der Waals surface area contributed by atoms with Crippen LogP contribution >= 0.6 is 24.0 Å². The Hall–Kier alpha value is -0.770. The van der Waals surface area contributed by atoms with Crippen LogP contribution in [0.5, 0.6) is 0 Å². The largest absolute Gasteiger partial charge is 0.338 e. The van der Waals surface area contributed by atoms with Crippen molar-refractivity contribution in [1.82, 2.24) is 10.2 Å². The summed E-state index contributed by atoms with van der Waals surface area (Å²) in [5.74, 6) is 0.438. The highest BCUT2D eigenvalue weighted by Gasteiger charge is 2.25. The van der Waals surface area contributed by atoms with Crippen LogP contribution in [0.25, 0.3) is 0 Å². The molecule has 0 aliphatic carbocycles. The molecule has 1 aromatic rings. The van der Waals surface area contributed by atoms with E-state index in [9.17, 15) is 4.79 Å². The molecule has 0 saturated carbocycles. The molecule has 112 valence electrons. The zero-order valence-electron chi connectivity index (χ0n) is 11.8. The number of benzene rings is 1. The second kappa shape index (κ2) is 8.50. The lowest BCUT2D eigenvalue weighted by Gasteiger charge is -2.29. The molecule has 1 heterocycles. The predicted molar refractivity (Wildman–Crippen MR) is 85.4 cm³/mol. The molecule has 0 bridgehead atoms. The number of rotatable bonds is 4. The minimum absolute atomic E-state index is 0. The molecule has 1 fully saturated rings. The van der Waals surface area contributed by atoms with Crippen molar-refractivity contribution in [3.8, 4) is 0 Å². The number of nitrogens with zero attached hydrogens (tertiary/aromatic N) is 1. The van der Waals surface area contributed by atoms with Gasteiger partial charge in [-0.05, 0) is 44.5 Å². The third kappa shape index (κ3) is 4.37. The van der Waals surface area contributed by atoms with Gasteiger partial charge in [-0.3, -0.25) is 4.79 Å². The smallest absolute Gasteiger partial charge is 0.226 e. The zero-order valence-corrected chi connectivity index (χ0v) is 13.3. The summed E-state index contributed by atoms with van der Waals surface area (Å²) < 4.78 is 0. The van der Waals surface area contributed by atoms with Crippen LogP contribution in [0.3, 0.4) is 0 Å². The SMILES string of the molecule is CCN(Cc1ccccc1Cl)C(=O)C1CCNCC1.Cl. The summed E-state index contributed by atoms with van der Waals surface area (Å²) in [7, 11) is 0. The Morgan fingerprint density at radius 2 is 2.00 bits per heavy atom. The number of halogens is 2. The fraction of sp³-hybridized carbons (Fsp3) is 0.533. The fourth-order valence-electron chi connectivity index (χ4n) is 2.50. The highest BCUT2D eigenvalue weighted by atomic mass is 35.5. The van der Waals surface area contributed by atoms with Gasteiger partial charge >= 0.3 is 0 Å². The van der Waals surface area contributed by atoms with Crippen molar-refractivity contribution < 1.29 is 4.79 Å². The summed E-state index contributed by atoms with van der Waals surface area (Å²) in [6.07, 6.45) is 1.88. The zero-order chi connectivity index (χ0) is 13.7. The molecular weight excluding hydrogens is 295 g/mol. The molecule has 20 heavy (non-hydrogen) atoms. The number of hydrogen-bond acceptors (Lipinski definition) is 2. The molecule has 0 atom stereocenters. The van der Waals surface area contributed by atoms with Crippen LogP contribution < -0.4 is 5.32 Å². The molecule has 5 heteroatoms. The van der Waals surface area contributed by atoms with E-state index in [0.29, 0.717) is 6.54 Å². The minimum Gasteiger partial charge on any atom is -0.338 e. The van der Waals surface area contributed by atoms with E-state index < -0.39 is 0 Å².